The zero-order valence-corrected chi connectivity index (χ0v) is 7.02. The van der Waals surface area contributed by atoms with E-state index in [0.717, 1.165) is 11.1 Å². The average molecular weight is 163 g/mol. The van der Waals surface area contributed by atoms with Crippen molar-refractivity contribution in [1.29, 1.82) is 0 Å². The van der Waals surface area contributed by atoms with Crippen LogP contribution in [-0.2, 0) is 0 Å². The van der Waals surface area contributed by atoms with Gasteiger partial charge in [0.05, 0.1) is 0 Å². The van der Waals surface area contributed by atoms with Gasteiger partial charge in [0.15, 0.2) is 0 Å². The lowest BCUT2D eigenvalue weighted by Gasteiger charge is -2.01. The summed E-state index contributed by atoms with van der Waals surface area (Å²) in [4.78, 5) is 3.82. The Morgan fingerprint density at radius 1 is 1.64 bits per heavy atom. The van der Waals surface area contributed by atoms with Gasteiger partial charge in [-0.05, 0) is 30.2 Å². The van der Waals surface area contributed by atoms with E-state index >= 15 is 0 Å². The van der Waals surface area contributed by atoms with Crippen molar-refractivity contribution in [2.45, 2.75) is 6.92 Å². The number of nitrogens with zero attached hydrogens (tertiary/aromatic N) is 1. The molecule has 0 N–H and O–H groups in total. The van der Waals surface area contributed by atoms with Crippen LogP contribution in [0.5, 0.6) is 0 Å². The molecule has 0 bridgehead atoms. The van der Waals surface area contributed by atoms with E-state index in [0.29, 0.717) is 10.7 Å². The van der Waals surface area contributed by atoms with Crippen LogP contribution < -0.4 is 5.59 Å². The van der Waals surface area contributed by atoms with Crippen molar-refractivity contribution in [2.75, 3.05) is 0 Å². The van der Waals surface area contributed by atoms with E-state index in [2.05, 4.69) is 11.6 Å². The fourth-order valence-corrected chi connectivity index (χ4v) is 0.979. The summed E-state index contributed by atoms with van der Waals surface area (Å²) in [5, 5.41) is 0.406. The number of hydrogen-bond donors (Lipinski definition) is 0. The molecule has 0 amide bonds. The number of hydrogen-bond acceptors (Lipinski definition) is 1. The van der Waals surface area contributed by atoms with Crippen LogP contribution in [0.3, 0.4) is 0 Å². The third kappa shape index (κ3) is 2.09. The first-order valence-electron chi connectivity index (χ1n) is 3.18. The molecule has 0 aliphatic carbocycles. The van der Waals surface area contributed by atoms with Gasteiger partial charge < -0.3 is 0 Å². The second-order valence-corrected chi connectivity index (χ2v) is 2.77. The van der Waals surface area contributed by atoms with Gasteiger partial charge in [-0.1, -0.05) is 23.8 Å². The summed E-state index contributed by atoms with van der Waals surface area (Å²) in [7, 11) is 5.46. The summed E-state index contributed by atoms with van der Waals surface area (Å²) in [5.74, 6) is 0. The summed E-state index contributed by atoms with van der Waals surface area (Å²) in [6.45, 7) is 5.66. The smallest absolute Gasteiger partial charge is 0.141 e. The molecule has 0 aliphatic rings. The van der Waals surface area contributed by atoms with Crippen molar-refractivity contribution in [3.8, 4) is 0 Å². The van der Waals surface area contributed by atoms with Crippen molar-refractivity contribution in [2.24, 2.45) is 0 Å². The highest BCUT2D eigenvalue weighted by Crippen LogP contribution is 2.12. The lowest BCUT2D eigenvalue weighted by Crippen LogP contribution is -2.08. The maximum atomic E-state index is 5.66. The normalized spacial score (nSPS) is 9.64. The van der Waals surface area contributed by atoms with Gasteiger partial charge in [-0.25, -0.2) is 0 Å². The Bertz CT molecular complexity index is 276. The van der Waals surface area contributed by atoms with E-state index < -0.39 is 0 Å². The van der Waals surface area contributed by atoms with Gasteiger partial charge in [0, 0.05) is 0 Å². The third-order valence-electron chi connectivity index (χ3n) is 1.31. The summed E-state index contributed by atoms with van der Waals surface area (Å²) in [5.41, 5.74) is 2.29. The number of rotatable bonds is 1. The fraction of sp³-hybridized carbons (Fsp3) is 0.125. The predicted octanol–water partition coefficient (Wildman–Crippen LogP) is 1.56. The minimum absolute atomic E-state index is 0.406. The monoisotopic (exact) mass is 163 g/mol. The molecule has 0 saturated carbocycles. The number of halogens is 1. The molecule has 0 atom stereocenters. The molecule has 0 unspecified atom stereocenters. The van der Waals surface area contributed by atoms with Crippen LogP contribution in [0.1, 0.15) is 12.5 Å². The van der Waals surface area contributed by atoms with E-state index in [1.165, 1.54) is 0 Å². The molecule has 0 aromatic carbocycles. The molecule has 54 valence electrons. The lowest BCUT2D eigenvalue weighted by atomic mass is 10.00. The van der Waals surface area contributed by atoms with Gasteiger partial charge in [0.2, 0.25) is 0 Å². The molecule has 0 fully saturated rings. The van der Waals surface area contributed by atoms with Crippen molar-refractivity contribution in [3.05, 3.63) is 29.4 Å². The maximum Gasteiger partial charge on any atom is 0.141 e. The van der Waals surface area contributed by atoms with Gasteiger partial charge in [-0.2, -0.15) is 0 Å². The van der Waals surface area contributed by atoms with Crippen LogP contribution in [0.25, 0.3) is 5.57 Å². The molecule has 0 aliphatic heterocycles. The van der Waals surface area contributed by atoms with E-state index in [9.17, 15) is 0 Å². The zero-order chi connectivity index (χ0) is 8.43. The fourth-order valence-electron chi connectivity index (χ4n) is 0.764. The Kier molecular flexibility index (Phi) is 2.35. The highest BCUT2D eigenvalue weighted by atomic mass is 35.5. The van der Waals surface area contributed by atoms with Crippen LogP contribution in [-0.4, -0.2) is 12.8 Å². The Morgan fingerprint density at radius 2 is 2.27 bits per heavy atom. The van der Waals surface area contributed by atoms with Crippen molar-refractivity contribution in [1.82, 2.24) is 4.98 Å². The maximum absolute atomic E-state index is 5.66. The molecule has 2 radical (unpaired) electrons. The Labute approximate surface area is 72.5 Å². The van der Waals surface area contributed by atoms with E-state index in [1.807, 2.05) is 6.92 Å². The topological polar surface area (TPSA) is 12.9 Å². The first-order valence-corrected chi connectivity index (χ1v) is 3.56. The third-order valence-corrected chi connectivity index (χ3v) is 1.50. The molecule has 1 aromatic rings. The largest absolute Gasteiger partial charge is 0.253 e. The summed E-state index contributed by atoms with van der Waals surface area (Å²) in [6, 6.07) is 3.48. The van der Waals surface area contributed by atoms with Crippen LogP contribution in [0.15, 0.2) is 18.7 Å². The SMILES string of the molecule is [B]c1cc(C(=C)C)cc(Cl)n1. The van der Waals surface area contributed by atoms with Crippen LogP contribution in [0.4, 0.5) is 0 Å². The second-order valence-electron chi connectivity index (χ2n) is 2.38. The van der Waals surface area contributed by atoms with Gasteiger partial charge in [0.1, 0.15) is 13.0 Å². The Morgan fingerprint density at radius 3 is 2.73 bits per heavy atom. The minimum atomic E-state index is 0.406. The average Bonchev–Trinajstić information content (AvgIpc) is 1.85. The quantitative estimate of drug-likeness (QED) is 0.452. The minimum Gasteiger partial charge on any atom is -0.253 e. The molecule has 1 nitrogen and oxygen atoms in total. The zero-order valence-electron chi connectivity index (χ0n) is 6.26. The van der Waals surface area contributed by atoms with Crippen LogP contribution >= 0.6 is 11.6 Å². The van der Waals surface area contributed by atoms with E-state index in [1.54, 1.807) is 12.1 Å². The van der Waals surface area contributed by atoms with Crippen molar-refractivity contribution < 1.29 is 0 Å². The van der Waals surface area contributed by atoms with Gasteiger partial charge in [-0.15, -0.1) is 0 Å². The standard InChI is InChI=1S/C8H7BClN/c1-5(2)6-3-7(9)11-8(10)4-6/h3-4H,1H2,2H3. The summed E-state index contributed by atoms with van der Waals surface area (Å²) < 4.78 is 0. The first kappa shape index (κ1) is 8.34. The van der Waals surface area contributed by atoms with Gasteiger partial charge in [0.25, 0.3) is 0 Å². The second kappa shape index (κ2) is 3.10. The molecule has 0 saturated heterocycles. The molecular weight excluding hydrogens is 156 g/mol. The highest BCUT2D eigenvalue weighted by Gasteiger charge is 1.96. The molecule has 1 aromatic heterocycles. The van der Waals surface area contributed by atoms with Crippen LogP contribution in [0, 0.1) is 0 Å². The first-order chi connectivity index (χ1) is 5.09. The Balaban J connectivity index is 3.19. The molecule has 3 heteroatoms. The highest BCUT2D eigenvalue weighted by molar-refractivity contribution is 6.33. The molecule has 1 heterocycles. The number of pyridine rings is 1. The number of allylic oxidation sites excluding steroid dienone is 1. The van der Waals surface area contributed by atoms with E-state index in [4.69, 9.17) is 19.4 Å². The Hall–Kier alpha value is -0.755. The molecule has 0 spiro atoms. The van der Waals surface area contributed by atoms with Crippen molar-refractivity contribution >= 4 is 30.6 Å². The number of aromatic nitrogens is 1. The molecule has 1 rings (SSSR count). The van der Waals surface area contributed by atoms with Gasteiger partial charge >= 0.3 is 0 Å². The van der Waals surface area contributed by atoms with Gasteiger partial charge in [-0.3, -0.25) is 4.98 Å². The summed E-state index contributed by atoms with van der Waals surface area (Å²) >= 11 is 5.66. The summed E-state index contributed by atoms with van der Waals surface area (Å²) in [6.07, 6.45) is 0. The lowest BCUT2D eigenvalue weighted by molar-refractivity contribution is 1.37. The van der Waals surface area contributed by atoms with Crippen LogP contribution in [0.2, 0.25) is 5.15 Å². The molecular formula is C8H7BClN. The van der Waals surface area contributed by atoms with E-state index in [-0.39, 0.29) is 0 Å². The predicted molar refractivity (Wildman–Crippen MR) is 49.3 cm³/mol. The molecule has 11 heavy (non-hydrogen) atoms. The van der Waals surface area contributed by atoms with Crippen molar-refractivity contribution in [3.63, 3.8) is 0 Å².